The van der Waals surface area contributed by atoms with Gasteiger partial charge in [0.1, 0.15) is 5.15 Å². The van der Waals surface area contributed by atoms with Gasteiger partial charge in [-0.15, -0.1) is 0 Å². The summed E-state index contributed by atoms with van der Waals surface area (Å²) in [6.45, 7) is 0. The Balaban J connectivity index is 2.43. The maximum Gasteiger partial charge on any atom is 0.416 e. The minimum absolute atomic E-state index is 0.195. The first-order valence-electron chi connectivity index (χ1n) is 4.62. The summed E-state index contributed by atoms with van der Waals surface area (Å²) in [5.74, 6) is 0. The molecule has 1 aromatic carbocycles. The Morgan fingerprint density at radius 1 is 1.06 bits per heavy atom. The number of halogens is 4. The smallest absolute Gasteiger partial charge is 0.251 e. The number of hydrogen-bond donors (Lipinski definition) is 0. The standard InChI is InChI=1S/C11H6ClF3N2/c12-10-6-16-9(5-17-10)7-2-1-3-8(4-7)11(13,14)15/h1-6H. The molecule has 2 rings (SSSR count). The van der Waals surface area contributed by atoms with E-state index in [1.807, 2.05) is 0 Å². The highest BCUT2D eigenvalue weighted by Gasteiger charge is 2.30. The Labute approximate surface area is 100 Å². The molecule has 0 N–H and O–H groups in total. The number of rotatable bonds is 1. The fraction of sp³-hybridized carbons (Fsp3) is 0.0909. The molecule has 0 radical (unpaired) electrons. The van der Waals surface area contributed by atoms with E-state index in [4.69, 9.17) is 11.6 Å². The van der Waals surface area contributed by atoms with Gasteiger partial charge in [-0.1, -0.05) is 23.7 Å². The van der Waals surface area contributed by atoms with Crippen LogP contribution in [0.4, 0.5) is 13.2 Å². The number of benzene rings is 1. The Hall–Kier alpha value is -1.62. The van der Waals surface area contributed by atoms with Crippen molar-refractivity contribution in [3.05, 3.63) is 47.4 Å². The minimum Gasteiger partial charge on any atom is -0.251 e. The van der Waals surface area contributed by atoms with E-state index < -0.39 is 11.7 Å². The third-order valence-electron chi connectivity index (χ3n) is 2.11. The highest BCUT2D eigenvalue weighted by atomic mass is 35.5. The van der Waals surface area contributed by atoms with E-state index in [1.54, 1.807) is 0 Å². The molecular weight excluding hydrogens is 253 g/mol. The molecule has 1 heterocycles. The molecule has 2 aromatic rings. The van der Waals surface area contributed by atoms with E-state index in [0.29, 0.717) is 11.3 Å². The third kappa shape index (κ3) is 2.74. The molecular formula is C11H6ClF3N2. The molecule has 0 unspecified atom stereocenters. The second kappa shape index (κ2) is 4.33. The van der Waals surface area contributed by atoms with Crippen molar-refractivity contribution in [1.29, 1.82) is 0 Å². The molecule has 0 bridgehead atoms. The topological polar surface area (TPSA) is 25.8 Å². The Morgan fingerprint density at radius 3 is 2.41 bits per heavy atom. The predicted molar refractivity (Wildman–Crippen MR) is 57.5 cm³/mol. The molecule has 0 saturated heterocycles. The summed E-state index contributed by atoms with van der Waals surface area (Å²) >= 11 is 5.55. The Kier molecular flexibility index (Phi) is 3.02. The molecule has 0 spiro atoms. The van der Waals surface area contributed by atoms with Crippen LogP contribution < -0.4 is 0 Å². The monoisotopic (exact) mass is 258 g/mol. The average Bonchev–Trinajstić information content (AvgIpc) is 2.29. The van der Waals surface area contributed by atoms with Gasteiger partial charge < -0.3 is 0 Å². The summed E-state index contributed by atoms with van der Waals surface area (Å²) in [6, 6.07) is 4.90. The lowest BCUT2D eigenvalue weighted by molar-refractivity contribution is -0.137. The molecule has 6 heteroatoms. The molecule has 1 aromatic heterocycles. The first-order valence-corrected chi connectivity index (χ1v) is 5.00. The number of aromatic nitrogens is 2. The lowest BCUT2D eigenvalue weighted by Gasteiger charge is -2.08. The molecule has 17 heavy (non-hydrogen) atoms. The third-order valence-corrected chi connectivity index (χ3v) is 2.30. The van der Waals surface area contributed by atoms with Crippen LogP contribution in [0.1, 0.15) is 5.56 Å². The van der Waals surface area contributed by atoms with Crippen molar-refractivity contribution in [2.24, 2.45) is 0 Å². The van der Waals surface area contributed by atoms with Crippen molar-refractivity contribution < 1.29 is 13.2 Å². The number of hydrogen-bond acceptors (Lipinski definition) is 2. The van der Waals surface area contributed by atoms with Crippen molar-refractivity contribution >= 4 is 11.6 Å². The Bertz CT molecular complexity index is 523. The van der Waals surface area contributed by atoms with Crippen molar-refractivity contribution in [3.63, 3.8) is 0 Å². The lowest BCUT2D eigenvalue weighted by atomic mass is 10.1. The van der Waals surface area contributed by atoms with Gasteiger partial charge in [0.15, 0.2) is 0 Å². The SMILES string of the molecule is FC(F)(F)c1cccc(-c2cnc(Cl)cn2)c1. The van der Waals surface area contributed by atoms with Crippen LogP contribution in [0.2, 0.25) is 5.15 Å². The van der Waals surface area contributed by atoms with Gasteiger partial charge in [0.2, 0.25) is 0 Å². The van der Waals surface area contributed by atoms with Crippen molar-refractivity contribution in [1.82, 2.24) is 9.97 Å². The molecule has 0 fully saturated rings. The van der Waals surface area contributed by atoms with Crippen molar-refractivity contribution in [2.75, 3.05) is 0 Å². The highest BCUT2D eigenvalue weighted by molar-refractivity contribution is 6.29. The van der Waals surface area contributed by atoms with Crippen LogP contribution in [-0.4, -0.2) is 9.97 Å². The van der Waals surface area contributed by atoms with Gasteiger partial charge in [-0.2, -0.15) is 13.2 Å². The molecule has 2 nitrogen and oxygen atoms in total. The van der Waals surface area contributed by atoms with Gasteiger partial charge in [0, 0.05) is 5.56 Å². The van der Waals surface area contributed by atoms with Gasteiger partial charge in [-0.25, -0.2) is 4.98 Å². The van der Waals surface area contributed by atoms with Crippen LogP contribution in [0.25, 0.3) is 11.3 Å². The molecule has 0 aliphatic rings. The van der Waals surface area contributed by atoms with E-state index in [2.05, 4.69) is 9.97 Å². The second-order valence-corrected chi connectivity index (χ2v) is 3.69. The normalized spacial score (nSPS) is 11.5. The molecule has 0 atom stereocenters. The first kappa shape index (κ1) is 11.9. The predicted octanol–water partition coefficient (Wildman–Crippen LogP) is 3.82. The van der Waals surface area contributed by atoms with Crippen LogP contribution in [0.5, 0.6) is 0 Å². The summed E-state index contributed by atoms with van der Waals surface area (Å²) < 4.78 is 37.5. The van der Waals surface area contributed by atoms with E-state index >= 15 is 0 Å². The van der Waals surface area contributed by atoms with E-state index in [9.17, 15) is 13.2 Å². The average molecular weight is 259 g/mol. The van der Waals surface area contributed by atoms with Crippen molar-refractivity contribution in [2.45, 2.75) is 6.18 Å². The molecule has 0 aliphatic heterocycles. The van der Waals surface area contributed by atoms with Gasteiger partial charge in [0.25, 0.3) is 0 Å². The zero-order valence-corrected chi connectivity index (χ0v) is 9.13. The second-order valence-electron chi connectivity index (χ2n) is 3.30. The fourth-order valence-electron chi connectivity index (χ4n) is 1.32. The number of alkyl halides is 3. The van der Waals surface area contributed by atoms with E-state index in [1.165, 1.54) is 24.5 Å². The van der Waals surface area contributed by atoms with Gasteiger partial charge >= 0.3 is 6.18 Å². The zero-order valence-electron chi connectivity index (χ0n) is 8.37. The first-order chi connectivity index (χ1) is 7.97. The lowest BCUT2D eigenvalue weighted by Crippen LogP contribution is -2.04. The fourth-order valence-corrected chi connectivity index (χ4v) is 1.41. The minimum atomic E-state index is -4.37. The maximum atomic E-state index is 12.5. The largest absolute Gasteiger partial charge is 0.416 e. The van der Waals surface area contributed by atoms with Crippen LogP contribution in [0.15, 0.2) is 36.7 Å². The highest BCUT2D eigenvalue weighted by Crippen LogP contribution is 2.31. The van der Waals surface area contributed by atoms with Crippen molar-refractivity contribution in [3.8, 4) is 11.3 Å². The molecule has 0 saturated carbocycles. The van der Waals surface area contributed by atoms with Crippen LogP contribution >= 0.6 is 11.6 Å². The summed E-state index contributed by atoms with van der Waals surface area (Å²) in [5.41, 5.74) is -0.0174. The summed E-state index contributed by atoms with van der Waals surface area (Å²) in [4.78, 5) is 7.68. The van der Waals surface area contributed by atoms with Crippen LogP contribution in [0, 0.1) is 0 Å². The maximum absolute atomic E-state index is 12.5. The number of nitrogens with zero attached hydrogens (tertiary/aromatic N) is 2. The van der Waals surface area contributed by atoms with Crippen LogP contribution in [-0.2, 0) is 6.18 Å². The quantitative estimate of drug-likeness (QED) is 0.777. The van der Waals surface area contributed by atoms with Crippen LogP contribution in [0.3, 0.4) is 0 Å². The van der Waals surface area contributed by atoms with Gasteiger partial charge in [-0.3, -0.25) is 4.98 Å². The zero-order chi connectivity index (χ0) is 12.5. The molecule has 0 amide bonds. The van der Waals surface area contributed by atoms with E-state index in [0.717, 1.165) is 12.1 Å². The summed E-state index contributed by atoms with van der Waals surface area (Å²) in [6.07, 6.45) is -1.75. The molecule has 0 aliphatic carbocycles. The summed E-state index contributed by atoms with van der Waals surface area (Å²) in [5, 5.41) is 0.195. The summed E-state index contributed by atoms with van der Waals surface area (Å²) in [7, 11) is 0. The van der Waals surface area contributed by atoms with Gasteiger partial charge in [-0.05, 0) is 12.1 Å². The van der Waals surface area contributed by atoms with Gasteiger partial charge in [0.05, 0.1) is 23.7 Å². The Morgan fingerprint density at radius 2 is 1.82 bits per heavy atom. The van der Waals surface area contributed by atoms with E-state index in [-0.39, 0.29) is 5.15 Å². The molecule has 88 valence electrons.